The van der Waals surface area contributed by atoms with E-state index in [4.69, 9.17) is 9.47 Å². The molecule has 0 bridgehead atoms. The molecule has 5 rings (SSSR count). The number of benzene rings is 4. The largest absolute Gasteiger partial charge is 0.392 e. The van der Waals surface area contributed by atoms with Crippen molar-refractivity contribution < 1.29 is 29.0 Å². The highest BCUT2D eigenvalue weighted by molar-refractivity contribution is 7.99. The van der Waals surface area contributed by atoms with E-state index in [9.17, 15) is 19.5 Å². The first-order valence-corrected chi connectivity index (χ1v) is 18.9. The van der Waals surface area contributed by atoms with Gasteiger partial charge in [-0.3, -0.25) is 14.4 Å². The topological polar surface area (TPSA) is 126 Å². The highest BCUT2D eigenvalue weighted by Crippen LogP contribution is 2.43. The zero-order valence-corrected chi connectivity index (χ0v) is 30.9. The van der Waals surface area contributed by atoms with Gasteiger partial charge in [0.1, 0.15) is 0 Å². The third kappa shape index (κ3) is 11.3. The van der Waals surface area contributed by atoms with Crippen LogP contribution in [0.3, 0.4) is 0 Å². The standard InChI is InChI=1S/C42H49N3O6S/c1-28-39(27-52-37-22-20-36(21-23-37)45-30(3)48)50-42(51-41(28)33-14-12-31(26-46)13-15-33)34-18-16-32(17-19-34)38-10-7-6-9-35(38)25-44-40(49)11-5-4-8-24-43-29(2)47/h6-7,9-10,12-23,28,39,41-42,46H,4-5,8,11,24-27H2,1-3H3,(H,43,47)(H,44,49)(H,45,48). The molecule has 0 aromatic heterocycles. The lowest BCUT2D eigenvalue weighted by Crippen LogP contribution is -2.38. The number of rotatable bonds is 16. The van der Waals surface area contributed by atoms with Crippen molar-refractivity contribution in [1.82, 2.24) is 10.6 Å². The smallest absolute Gasteiger partial charge is 0.221 e. The van der Waals surface area contributed by atoms with Crippen LogP contribution in [0.1, 0.15) is 81.1 Å². The van der Waals surface area contributed by atoms with Crippen molar-refractivity contribution >= 4 is 35.2 Å². The molecule has 1 aliphatic rings. The Morgan fingerprint density at radius 1 is 0.769 bits per heavy atom. The molecular formula is C42H49N3O6S. The highest BCUT2D eigenvalue weighted by atomic mass is 32.2. The van der Waals surface area contributed by atoms with Gasteiger partial charge >= 0.3 is 0 Å². The summed E-state index contributed by atoms with van der Waals surface area (Å²) in [6, 6.07) is 32.0. The Morgan fingerprint density at radius 3 is 2.17 bits per heavy atom. The summed E-state index contributed by atoms with van der Waals surface area (Å²) in [4.78, 5) is 36.1. The van der Waals surface area contributed by atoms with Crippen LogP contribution in [0.4, 0.5) is 5.69 Å². The maximum absolute atomic E-state index is 12.6. The number of hydrogen-bond acceptors (Lipinski definition) is 7. The van der Waals surface area contributed by atoms with Gasteiger partial charge in [-0.2, -0.15) is 0 Å². The second kappa shape index (κ2) is 19.4. The van der Waals surface area contributed by atoms with Gasteiger partial charge in [-0.25, -0.2) is 0 Å². The van der Waals surface area contributed by atoms with Crippen LogP contribution in [0.5, 0.6) is 0 Å². The molecule has 0 saturated carbocycles. The van der Waals surface area contributed by atoms with E-state index in [1.165, 1.54) is 13.8 Å². The van der Waals surface area contributed by atoms with Gasteiger partial charge in [0.15, 0.2) is 6.29 Å². The van der Waals surface area contributed by atoms with Crippen LogP contribution >= 0.6 is 11.8 Å². The molecule has 3 amide bonds. The van der Waals surface area contributed by atoms with Crippen LogP contribution < -0.4 is 16.0 Å². The van der Waals surface area contributed by atoms with Gasteiger partial charge < -0.3 is 30.5 Å². The van der Waals surface area contributed by atoms with Gasteiger partial charge in [-0.1, -0.05) is 86.1 Å². The normalized spacial score (nSPS) is 18.4. The second-order valence-corrected chi connectivity index (χ2v) is 14.3. The van der Waals surface area contributed by atoms with Gasteiger partial charge in [0.25, 0.3) is 0 Å². The zero-order chi connectivity index (χ0) is 36.9. The van der Waals surface area contributed by atoms with E-state index in [0.717, 1.165) is 63.2 Å². The molecule has 0 radical (unpaired) electrons. The van der Waals surface area contributed by atoms with Crippen LogP contribution in [0.25, 0.3) is 11.1 Å². The minimum Gasteiger partial charge on any atom is -0.392 e. The van der Waals surface area contributed by atoms with Crippen LogP contribution in [-0.4, -0.2) is 41.2 Å². The number of carbonyl (C=O) groups excluding carboxylic acids is 3. The maximum Gasteiger partial charge on any atom is 0.221 e. The Bertz CT molecular complexity index is 1760. The lowest BCUT2D eigenvalue weighted by atomic mass is 9.91. The number of unbranched alkanes of at least 4 members (excludes halogenated alkanes) is 2. The van der Waals surface area contributed by atoms with Crippen molar-refractivity contribution in [3.8, 4) is 11.1 Å². The number of amides is 3. The van der Waals surface area contributed by atoms with E-state index in [1.807, 2.05) is 78.9 Å². The molecule has 4 aromatic rings. The molecular weight excluding hydrogens is 675 g/mol. The lowest BCUT2D eigenvalue weighted by Gasteiger charge is -2.41. The number of thioether (sulfide) groups is 1. The SMILES string of the molecule is CC(=O)NCCCCCC(=O)NCc1ccccc1-c1ccc(C2OC(CSc3ccc(NC(C)=O)cc3)C(C)C(c3ccc(CO)cc3)O2)cc1. The first-order valence-electron chi connectivity index (χ1n) is 17.9. The summed E-state index contributed by atoms with van der Waals surface area (Å²) < 4.78 is 13.3. The number of hydrogen-bond donors (Lipinski definition) is 4. The molecule has 4 aromatic carbocycles. The molecule has 1 saturated heterocycles. The van der Waals surface area contributed by atoms with Crippen molar-refractivity contribution in [1.29, 1.82) is 0 Å². The zero-order valence-electron chi connectivity index (χ0n) is 30.1. The van der Waals surface area contributed by atoms with Crippen LogP contribution in [0, 0.1) is 5.92 Å². The fourth-order valence-electron chi connectivity index (χ4n) is 6.24. The van der Waals surface area contributed by atoms with Crippen molar-refractivity contribution in [2.45, 2.75) is 83.0 Å². The molecule has 0 aliphatic carbocycles. The van der Waals surface area contributed by atoms with E-state index in [1.54, 1.807) is 11.8 Å². The molecule has 274 valence electrons. The summed E-state index contributed by atoms with van der Waals surface area (Å²) in [7, 11) is 0. The summed E-state index contributed by atoms with van der Waals surface area (Å²) in [6.07, 6.45) is 2.04. The number of ether oxygens (including phenoxy) is 2. The van der Waals surface area contributed by atoms with E-state index in [-0.39, 0.29) is 42.5 Å². The minimum atomic E-state index is -0.590. The number of nitrogens with one attached hydrogen (secondary N) is 3. The van der Waals surface area contributed by atoms with E-state index < -0.39 is 6.29 Å². The highest BCUT2D eigenvalue weighted by Gasteiger charge is 2.38. The fourth-order valence-corrected chi connectivity index (χ4v) is 7.30. The second-order valence-electron chi connectivity index (χ2n) is 13.2. The molecule has 4 atom stereocenters. The van der Waals surface area contributed by atoms with E-state index >= 15 is 0 Å². The van der Waals surface area contributed by atoms with E-state index in [2.05, 4.69) is 41.1 Å². The van der Waals surface area contributed by atoms with Gasteiger partial charge in [0.2, 0.25) is 17.7 Å². The first kappa shape index (κ1) is 38.7. The molecule has 1 heterocycles. The number of aliphatic hydroxyl groups is 1. The van der Waals surface area contributed by atoms with Crippen LogP contribution in [0.15, 0.2) is 102 Å². The predicted octanol–water partition coefficient (Wildman–Crippen LogP) is 7.70. The Kier molecular flexibility index (Phi) is 14.4. The van der Waals surface area contributed by atoms with Crippen molar-refractivity contribution in [2.75, 3.05) is 17.6 Å². The predicted molar refractivity (Wildman–Crippen MR) is 205 cm³/mol. The summed E-state index contributed by atoms with van der Waals surface area (Å²) in [5, 5.41) is 18.3. The Labute approximate surface area is 310 Å². The van der Waals surface area contributed by atoms with Crippen LogP contribution in [-0.2, 0) is 37.0 Å². The first-order chi connectivity index (χ1) is 25.2. The maximum atomic E-state index is 12.6. The fraction of sp³-hybridized carbons (Fsp3) is 0.357. The Morgan fingerprint density at radius 2 is 1.48 bits per heavy atom. The van der Waals surface area contributed by atoms with Gasteiger partial charge in [0, 0.05) is 61.2 Å². The van der Waals surface area contributed by atoms with Crippen molar-refractivity contribution in [3.05, 3.63) is 119 Å². The molecule has 0 spiro atoms. The quantitative estimate of drug-likeness (QED) is 0.0690. The average molecular weight is 724 g/mol. The molecule has 10 heteroatoms. The van der Waals surface area contributed by atoms with Gasteiger partial charge in [-0.05, 0) is 64.9 Å². The molecule has 1 fully saturated rings. The van der Waals surface area contributed by atoms with Crippen molar-refractivity contribution in [2.24, 2.45) is 5.92 Å². The summed E-state index contributed by atoms with van der Waals surface area (Å²) >= 11 is 1.70. The molecule has 1 aliphatic heterocycles. The van der Waals surface area contributed by atoms with E-state index in [0.29, 0.717) is 25.3 Å². The monoisotopic (exact) mass is 723 g/mol. The number of anilines is 1. The van der Waals surface area contributed by atoms with Crippen LogP contribution in [0.2, 0.25) is 0 Å². The molecule has 4 unspecified atom stereocenters. The minimum absolute atomic E-state index is 0.0146. The Balaban J connectivity index is 1.26. The molecule has 52 heavy (non-hydrogen) atoms. The third-order valence-electron chi connectivity index (χ3n) is 9.15. The Hall–Kier alpha value is -4.48. The van der Waals surface area contributed by atoms with Gasteiger partial charge in [-0.15, -0.1) is 11.8 Å². The number of carbonyl (C=O) groups is 3. The van der Waals surface area contributed by atoms with Gasteiger partial charge in [0.05, 0.1) is 18.8 Å². The summed E-state index contributed by atoms with van der Waals surface area (Å²) in [6.45, 7) is 6.21. The third-order valence-corrected chi connectivity index (χ3v) is 10.3. The molecule has 9 nitrogen and oxygen atoms in total. The van der Waals surface area contributed by atoms with Crippen molar-refractivity contribution in [3.63, 3.8) is 0 Å². The molecule has 4 N–H and O–H groups in total. The summed E-state index contributed by atoms with van der Waals surface area (Å²) in [5.41, 5.74) is 6.66. The lowest BCUT2D eigenvalue weighted by molar-refractivity contribution is -0.268. The summed E-state index contributed by atoms with van der Waals surface area (Å²) in [5.74, 6) is 0.637. The number of aliphatic hydroxyl groups excluding tert-OH is 1. The average Bonchev–Trinajstić information content (AvgIpc) is 3.15.